The number of hydrogen-bond acceptors (Lipinski definition) is 6. The Kier molecular flexibility index (Phi) is 12.0. The molecule has 1 unspecified atom stereocenters. The molecule has 2 saturated heterocycles. The first-order chi connectivity index (χ1) is 23.1. The summed E-state index contributed by atoms with van der Waals surface area (Å²) in [6.45, 7) is 9.46. The molecule has 0 radical (unpaired) electrons. The van der Waals surface area contributed by atoms with Gasteiger partial charge in [0.15, 0.2) is 0 Å². The van der Waals surface area contributed by atoms with E-state index in [9.17, 15) is 27.6 Å². The third-order valence-corrected chi connectivity index (χ3v) is 9.98. The van der Waals surface area contributed by atoms with Crippen molar-refractivity contribution in [3.8, 4) is 0 Å². The lowest BCUT2D eigenvalue weighted by Crippen LogP contribution is -2.55. The zero-order valence-electron chi connectivity index (χ0n) is 27.0. The van der Waals surface area contributed by atoms with Crippen molar-refractivity contribution in [1.29, 1.82) is 0 Å². The molecule has 3 aromatic carbocycles. The lowest BCUT2D eigenvalue weighted by molar-refractivity contribution is -0.132. The van der Waals surface area contributed by atoms with Gasteiger partial charge in [0, 0.05) is 80.0 Å². The van der Waals surface area contributed by atoms with Gasteiger partial charge in [-0.25, -0.2) is 9.18 Å². The molecule has 2 fully saturated rings. The van der Waals surface area contributed by atoms with Crippen LogP contribution in [0.2, 0.25) is 0 Å². The summed E-state index contributed by atoms with van der Waals surface area (Å²) in [5.74, 6) is -2.62. The Labute approximate surface area is 283 Å². The monoisotopic (exact) mass is 682 g/mol. The number of nitrogens with zero attached hydrogens (tertiary/aromatic N) is 3. The lowest BCUT2D eigenvalue weighted by Gasteiger charge is -2.44. The maximum atomic E-state index is 14.7. The highest BCUT2D eigenvalue weighted by Gasteiger charge is 2.30. The van der Waals surface area contributed by atoms with Crippen molar-refractivity contribution in [3.63, 3.8) is 0 Å². The van der Waals surface area contributed by atoms with Gasteiger partial charge in [0.05, 0.1) is 0 Å². The van der Waals surface area contributed by atoms with Crippen LogP contribution in [0.5, 0.6) is 0 Å². The van der Waals surface area contributed by atoms with Crippen LogP contribution in [0.1, 0.15) is 51.7 Å². The van der Waals surface area contributed by atoms with Crippen molar-refractivity contribution >= 4 is 29.6 Å². The maximum absolute atomic E-state index is 14.7. The highest BCUT2D eigenvalue weighted by molar-refractivity contribution is 7.99. The fourth-order valence-electron chi connectivity index (χ4n) is 6.19. The van der Waals surface area contributed by atoms with E-state index in [1.807, 2.05) is 0 Å². The van der Waals surface area contributed by atoms with Crippen molar-refractivity contribution in [2.24, 2.45) is 0 Å². The molecule has 0 bridgehead atoms. The number of thioether (sulfide) groups is 1. The van der Waals surface area contributed by atoms with E-state index in [0.717, 1.165) is 43.6 Å². The normalized spacial score (nSPS) is 20.4. The molecule has 256 valence electrons. The second-order valence-corrected chi connectivity index (χ2v) is 13.6. The molecule has 3 N–H and O–H groups in total. The van der Waals surface area contributed by atoms with Crippen molar-refractivity contribution in [3.05, 3.63) is 106 Å². The number of benzene rings is 3. The third-order valence-electron chi connectivity index (χ3n) is 8.74. The van der Waals surface area contributed by atoms with Gasteiger partial charge in [-0.3, -0.25) is 30.2 Å². The summed E-state index contributed by atoms with van der Waals surface area (Å²) in [5, 5.41) is 2.86. The van der Waals surface area contributed by atoms with Crippen LogP contribution < -0.4 is 16.2 Å². The van der Waals surface area contributed by atoms with E-state index in [-0.39, 0.29) is 29.0 Å². The van der Waals surface area contributed by atoms with Gasteiger partial charge in [0.2, 0.25) is 0 Å². The number of rotatable bonds is 9. The fourth-order valence-corrected chi connectivity index (χ4v) is 7.44. The average molecular weight is 683 g/mol. The number of hydrazine groups is 1. The standard InChI is InChI=1S/C35H41F3N6O3S/c1-23-18-42(20-25-6-4-3-5-7-25)19-24(2)44(23)21-26-8-10-27(11-9-26)31-22-43(14-15-48-31)35(47)39-17-29-13-12-28(16-30(29)36)33(45)40-41-34(46)32(37)38/h3-13,16,23-24,31-32H,14-15,17-22H2,1-2H3,(H,39,47)(H,40,45)(H,41,46)/t23-,24+,31?. The number of halogens is 3. The largest absolute Gasteiger partial charge is 0.334 e. The summed E-state index contributed by atoms with van der Waals surface area (Å²) in [6, 6.07) is 23.3. The number of urea groups is 1. The molecule has 0 aromatic heterocycles. The number of amides is 4. The van der Waals surface area contributed by atoms with Crippen molar-refractivity contribution < 1.29 is 27.6 Å². The summed E-state index contributed by atoms with van der Waals surface area (Å²) in [4.78, 5) is 42.8. The molecule has 0 saturated carbocycles. The van der Waals surface area contributed by atoms with E-state index in [4.69, 9.17) is 0 Å². The third kappa shape index (κ3) is 9.30. The van der Waals surface area contributed by atoms with Gasteiger partial charge < -0.3 is 10.2 Å². The lowest BCUT2D eigenvalue weighted by atomic mass is 10.0. The van der Waals surface area contributed by atoms with Crippen LogP contribution in [0.4, 0.5) is 18.0 Å². The van der Waals surface area contributed by atoms with E-state index in [0.29, 0.717) is 25.2 Å². The number of alkyl halides is 2. The summed E-state index contributed by atoms with van der Waals surface area (Å²) < 4.78 is 39.3. The number of nitrogens with one attached hydrogen (secondary N) is 3. The van der Waals surface area contributed by atoms with E-state index >= 15 is 0 Å². The molecule has 0 aliphatic carbocycles. The Morgan fingerprint density at radius 1 is 0.875 bits per heavy atom. The molecule has 3 aromatic rings. The minimum atomic E-state index is -3.30. The molecule has 2 aliphatic heterocycles. The van der Waals surface area contributed by atoms with Crippen molar-refractivity contribution in [2.45, 2.75) is 57.2 Å². The molecule has 5 rings (SSSR count). The van der Waals surface area contributed by atoms with Gasteiger partial charge in [-0.1, -0.05) is 60.7 Å². The Morgan fingerprint density at radius 2 is 1.56 bits per heavy atom. The molecule has 3 atom stereocenters. The highest BCUT2D eigenvalue weighted by atomic mass is 32.2. The van der Waals surface area contributed by atoms with E-state index in [2.05, 4.69) is 83.6 Å². The Morgan fingerprint density at radius 3 is 2.23 bits per heavy atom. The molecule has 2 aliphatic rings. The zero-order chi connectivity index (χ0) is 34.2. The van der Waals surface area contributed by atoms with Crippen LogP contribution in [-0.2, 0) is 24.4 Å². The maximum Gasteiger partial charge on any atom is 0.317 e. The first kappa shape index (κ1) is 35.2. The van der Waals surface area contributed by atoms with Crippen LogP contribution in [0.3, 0.4) is 0 Å². The predicted octanol–water partition coefficient (Wildman–Crippen LogP) is 4.95. The Bertz CT molecular complexity index is 1550. The van der Waals surface area contributed by atoms with Crippen LogP contribution >= 0.6 is 11.8 Å². The molecule has 48 heavy (non-hydrogen) atoms. The van der Waals surface area contributed by atoms with Crippen molar-refractivity contribution in [2.75, 3.05) is 31.9 Å². The summed E-state index contributed by atoms with van der Waals surface area (Å²) in [6.07, 6.45) is -3.30. The van der Waals surface area contributed by atoms with Gasteiger partial charge >= 0.3 is 18.4 Å². The molecule has 2 heterocycles. The molecular formula is C35H41F3N6O3S. The summed E-state index contributed by atoms with van der Waals surface area (Å²) in [5.41, 5.74) is 7.08. The van der Waals surface area contributed by atoms with Gasteiger partial charge in [-0.05, 0) is 42.7 Å². The first-order valence-electron chi connectivity index (χ1n) is 16.0. The molecule has 4 amide bonds. The molecule has 13 heteroatoms. The molecular weight excluding hydrogens is 641 g/mol. The second-order valence-electron chi connectivity index (χ2n) is 12.3. The van der Waals surface area contributed by atoms with E-state index in [1.165, 1.54) is 23.3 Å². The van der Waals surface area contributed by atoms with Gasteiger partial charge in [-0.15, -0.1) is 0 Å². The van der Waals surface area contributed by atoms with Crippen LogP contribution in [-0.4, -0.2) is 83.0 Å². The molecule has 0 spiro atoms. The Hall–Kier alpha value is -4.07. The second kappa shape index (κ2) is 16.4. The minimum absolute atomic E-state index is 0.102. The number of carbonyl (C=O) groups is 3. The van der Waals surface area contributed by atoms with Crippen molar-refractivity contribution in [1.82, 2.24) is 30.9 Å². The minimum Gasteiger partial charge on any atom is -0.334 e. The fraction of sp³-hybridized carbons (Fsp3) is 0.400. The number of hydrogen-bond donors (Lipinski definition) is 3. The predicted molar refractivity (Wildman–Crippen MR) is 180 cm³/mol. The van der Waals surface area contributed by atoms with Crippen LogP contribution in [0.15, 0.2) is 72.8 Å². The number of carbonyl (C=O) groups excluding carboxylic acids is 3. The van der Waals surface area contributed by atoms with E-state index in [1.54, 1.807) is 27.5 Å². The average Bonchev–Trinajstić information content (AvgIpc) is 3.08. The van der Waals surface area contributed by atoms with E-state index < -0.39 is 24.1 Å². The van der Waals surface area contributed by atoms with Crippen LogP contribution in [0.25, 0.3) is 0 Å². The van der Waals surface area contributed by atoms with Gasteiger partial charge in [0.1, 0.15) is 5.82 Å². The molecule has 9 nitrogen and oxygen atoms in total. The Balaban J connectivity index is 1.09. The topological polar surface area (TPSA) is 97.0 Å². The SMILES string of the molecule is C[C@@H]1CN(Cc2ccccc2)C[C@H](C)N1Cc1ccc(C2CN(C(=O)NCc3ccc(C(=O)NNC(=O)C(F)F)cc3F)CCS2)cc1. The first-order valence-corrected chi connectivity index (χ1v) is 17.0. The van der Waals surface area contributed by atoms with Crippen LogP contribution in [0, 0.1) is 5.82 Å². The summed E-state index contributed by atoms with van der Waals surface area (Å²) in [7, 11) is 0. The highest BCUT2D eigenvalue weighted by Crippen LogP contribution is 2.33. The van der Waals surface area contributed by atoms with Gasteiger partial charge in [-0.2, -0.15) is 20.5 Å². The zero-order valence-corrected chi connectivity index (χ0v) is 27.8. The van der Waals surface area contributed by atoms with Gasteiger partial charge in [0.25, 0.3) is 5.91 Å². The summed E-state index contributed by atoms with van der Waals surface area (Å²) >= 11 is 1.81. The number of piperazine rings is 1. The quantitative estimate of drug-likeness (QED) is 0.277. The smallest absolute Gasteiger partial charge is 0.317 e.